The third-order valence-corrected chi connectivity index (χ3v) is 3.22. The summed E-state index contributed by atoms with van der Waals surface area (Å²) in [5.74, 6) is -0.858. The molecule has 1 unspecified atom stereocenters. The predicted octanol–water partition coefficient (Wildman–Crippen LogP) is 2.70. The van der Waals surface area contributed by atoms with Gasteiger partial charge in [-0.05, 0) is 32.0 Å². The van der Waals surface area contributed by atoms with E-state index in [-0.39, 0.29) is 12.3 Å². The minimum absolute atomic E-state index is 0.0258. The monoisotopic (exact) mass is 278 g/mol. The van der Waals surface area contributed by atoms with Crippen molar-refractivity contribution in [2.75, 3.05) is 20.2 Å². The molecule has 1 aromatic rings. The molecule has 0 saturated heterocycles. The van der Waals surface area contributed by atoms with Crippen molar-refractivity contribution in [2.45, 2.75) is 26.2 Å². The van der Waals surface area contributed by atoms with Gasteiger partial charge in [0.05, 0.1) is 19.1 Å². The molecule has 0 aliphatic carbocycles. The third-order valence-electron chi connectivity index (χ3n) is 3.22. The van der Waals surface area contributed by atoms with E-state index in [1.807, 2.05) is 13.8 Å². The summed E-state index contributed by atoms with van der Waals surface area (Å²) < 4.78 is 18.5. The molecular weight excluding hydrogens is 259 g/mol. The van der Waals surface area contributed by atoms with Crippen LogP contribution in [-0.4, -0.2) is 31.0 Å². The van der Waals surface area contributed by atoms with Gasteiger partial charge in [-0.25, -0.2) is 4.39 Å². The fourth-order valence-electron chi connectivity index (χ4n) is 2.08. The van der Waals surface area contributed by atoms with Crippen molar-refractivity contribution < 1.29 is 13.9 Å². The van der Waals surface area contributed by atoms with Crippen LogP contribution in [0.25, 0.3) is 0 Å². The molecule has 0 N–H and O–H groups in total. The van der Waals surface area contributed by atoms with E-state index < -0.39 is 11.7 Å². The Hall–Kier alpha value is -2.09. The van der Waals surface area contributed by atoms with Crippen molar-refractivity contribution in [1.82, 2.24) is 4.90 Å². The van der Waals surface area contributed by atoms with Crippen molar-refractivity contribution in [2.24, 2.45) is 0 Å². The Labute approximate surface area is 118 Å². The Morgan fingerprint density at radius 1 is 1.45 bits per heavy atom. The topological polar surface area (TPSA) is 53.3 Å². The average molecular weight is 278 g/mol. The molecular formula is C15H19FN2O2. The van der Waals surface area contributed by atoms with Crippen LogP contribution in [0.3, 0.4) is 0 Å². The summed E-state index contributed by atoms with van der Waals surface area (Å²) in [7, 11) is 1.46. The fourth-order valence-corrected chi connectivity index (χ4v) is 2.08. The molecule has 0 radical (unpaired) electrons. The highest BCUT2D eigenvalue weighted by molar-refractivity contribution is 5.77. The van der Waals surface area contributed by atoms with Gasteiger partial charge in [0.2, 0.25) is 5.91 Å². The summed E-state index contributed by atoms with van der Waals surface area (Å²) >= 11 is 0. The number of nitriles is 1. The van der Waals surface area contributed by atoms with Crippen LogP contribution in [0.5, 0.6) is 5.75 Å². The average Bonchev–Trinajstić information content (AvgIpc) is 2.46. The van der Waals surface area contributed by atoms with E-state index in [1.54, 1.807) is 4.90 Å². The van der Waals surface area contributed by atoms with E-state index in [0.29, 0.717) is 24.4 Å². The third kappa shape index (κ3) is 3.70. The van der Waals surface area contributed by atoms with E-state index in [4.69, 9.17) is 4.74 Å². The van der Waals surface area contributed by atoms with Gasteiger partial charge in [-0.3, -0.25) is 4.79 Å². The maximum atomic E-state index is 13.3. The van der Waals surface area contributed by atoms with Gasteiger partial charge in [0.15, 0.2) is 0 Å². The van der Waals surface area contributed by atoms with Gasteiger partial charge in [-0.2, -0.15) is 5.26 Å². The van der Waals surface area contributed by atoms with Gasteiger partial charge in [0, 0.05) is 25.1 Å². The lowest BCUT2D eigenvalue weighted by molar-refractivity contribution is -0.130. The number of rotatable bonds is 6. The van der Waals surface area contributed by atoms with E-state index in [1.165, 1.54) is 25.3 Å². The van der Waals surface area contributed by atoms with Gasteiger partial charge in [-0.15, -0.1) is 0 Å². The number of carbonyl (C=O) groups excluding carboxylic acids is 1. The number of amides is 1. The number of benzene rings is 1. The van der Waals surface area contributed by atoms with Crippen LogP contribution < -0.4 is 4.74 Å². The number of halogens is 1. The second-order valence-corrected chi connectivity index (χ2v) is 4.34. The molecule has 0 saturated carbocycles. The first kappa shape index (κ1) is 16.0. The molecule has 1 rings (SSSR count). The van der Waals surface area contributed by atoms with Crippen LogP contribution in [-0.2, 0) is 4.79 Å². The Morgan fingerprint density at radius 3 is 2.60 bits per heavy atom. The minimum atomic E-state index is -0.714. The lowest BCUT2D eigenvalue weighted by atomic mass is 9.95. The van der Waals surface area contributed by atoms with Crippen LogP contribution in [0.15, 0.2) is 18.2 Å². The number of nitrogens with zero attached hydrogens (tertiary/aromatic N) is 2. The number of methoxy groups -OCH3 is 1. The molecule has 0 aliphatic heterocycles. The molecule has 20 heavy (non-hydrogen) atoms. The van der Waals surface area contributed by atoms with Crippen LogP contribution in [0.2, 0.25) is 0 Å². The lowest BCUT2D eigenvalue weighted by Gasteiger charge is -2.21. The molecule has 1 aromatic carbocycles. The van der Waals surface area contributed by atoms with Crippen molar-refractivity contribution in [3.8, 4) is 11.8 Å². The Balaban J connectivity index is 3.00. The van der Waals surface area contributed by atoms with Crippen molar-refractivity contribution in [3.05, 3.63) is 29.6 Å². The van der Waals surface area contributed by atoms with E-state index >= 15 is 0 Å². The van der Waals surface area contributed by atoms with Gasteiger partial charge in [-0.1, -0.05) is 0 Å². The van der Waals surface area contributed by atoms with E-state index in [0.717, 1.165) is 0 Å². The SMILES string of the molecule is CCN(CC)C(=O)CC(C#N)c1cc(F)ccc1OC. The van der Waals surface area contributed by atoms with E-state index in [2.05, 4.69) is 6.07 Å². The van der Waals surface area contributed by atoms with Gasteiger partial charge < -0.3 is 9.64 Å². The van der Waals surface area contributed by atoms with Crippen LogP contribution in [0.1, 0.15) is 31.7 Å². The highest BCUT2D eigenvalue weighted by atomic mass is 19.1. The summed E-state index contributed by atoms with van der Waals surface area (Å²) in [6, 6.07) is 6.05. The smallest absolute Gasteiger partial charge is 0.224 e. The van der Waals surface area contributed by atoms with Crippen molar-refractivity contribution >= 4 is 5.91 Å². The number of hydrogen-bond donors (Lipinski definition) is 0. The zero-order chi connectivity index (χ0) is 15.1. The molecule has 5 heteroatoms. The van der Waals surface area contributed by atoms with Gasteiger partial charge in [0.25, 0.3) is 0 Å². The summed E-state index contributed by atoms with van der Waals surface area (Å²) in [6.07, 6.45) is 0.0258. The Kier molecular flexibility index (Phi) is 5.98. The Bertz CT molecular complexity index is 507. The number of hydrogen-bond acceptors (Lipinski definition) is 3. The maximum Gasteiger partial charge on any atom is 0.224 e. The van der Waals surface area contributed by atoms with Gasteiger partial charge >= 0.3 is 0 Å². The summed E-state index contributed by atoms with van der Waals surface area (Å²) in [5, 5.41) is 9.27. The quantitative estimate of drug-likeness (QED) is 0.804. The van der Waals surface area contributed by atoms with E-state index in [9.17, 15) is 14.4 Å². The number of carbonyl (C=O) groups is 1. The minimum Gasteiger partial charge on any atom is -0.496 e. The molecule has 1 amide bonds. The van der Waals surface area contributed by atoms with Crippen molar-refractivity contribution in [1.29, 1.82) is 5.26 Å². The maximum absolute atomic E-state index is 13.3. The molecule has 0 aliphatic rings. The van der Waals surface area contributed by atoms with Gasteiger partial charge in [0.1, 0.15) is 11.6 Å². The fraction of sp³-hybridized carbons (Fsp3) is 0.467. The van der Waals surface area contributed by atoms with Crippen LogP contribution in [0.4, 0.5) is 4.39 Å². The Morgan fingerprint density at radius 2 is 2.10 bits per heavy atom. The first-order valence-electron chi connectivity index (χ1n) is 6.58. The zero-order valence-corrected chi connectivity index (χ0v) is 12.0. The summed E-state index contributed by atoms with van der Waals surface area (Å²) in [6.45, 7) is 4.94. The second-order valence-electron chi connectivity index (χ2n) is 4.34. The first-order chi connectivity index (χ1) is 9.57. The highest BCUT2D eigenvalue weighted by Crippen LogP contribution is 2.29. The molecule has 1 atom stereocenters. The normalized spacial score (nSPS) is 11.6. The summed E-state index contributed by atoms with van der Waals surface area (Å²) in [5.41, 5.74) is 0.413. The number of ether oxygens (including phenoxy) is 1. The van der Waals surface area contributed by atoms with Crippen LogP contribution in [0, 0.1) is 17.1 Å². The molecule has 108 valence electrons. The molecule has 0 aromatic heterocycles. The molecule has 0 fully saturated rings. The standard InChI is InChI=1S/C15H19FN2O2/c1-4-18(5-2)15(19)8-11(10-17)13-9-12(16)6-7-14(13)20-3/h6-7,9,11H,4-5,8H2,1-3H3. The zero-order valence-electron chi connectivity index (χ0n) is 12.0. The molecule has 0 bridgehead atoms. The molecule has 4 nitrogen and oxygen atoms in total. The lowest BCUT2D eigenvalue weighted by Crippen LogP contribution is -2.31. The molecule has 0 spiro atoms. The second kappa shape index (κ2) is 7.49. The van der Waals surface area contributed by atoms with Crippen LogP contribution >= 0.6 is 0 Å². The highest BCUT2D eigenvalue weighted by Gasteiger charge is 2.22. The largest absolute Gasteiger partial charge is 0.496 e. The first-order valence-corrected chi connectivity index (χ1v) is 6.58. The predicted molar refractivity (Wildman–Crippen MR) is 73.9 cm³/mol. The van der Waals surface area contributed by atoms with Crippen molar-refractivity contribution in [3.63, 3.8) is 0 Å². The summed E-state index contributed by atoms with van der Waals surface area (Å²) in [4.78, 5) is 13.7. The molecule has 0 heterocycles.